The summed E-state index contributed by atoms with van der Waals surface area (Å²) in [5.41, 5.74) is 0. The van der Waals surface area contributed by atoms with Crippen LogP contribution < -0.4 is 0 Å². The second-order valence-electron chi connectivity index (χ2n) is 0.854. The summed E-state index contributed by atoms with van der Waals surface area (Å²) >= 11 is 0. The SMILES string of the molecule is [2H]C(OC)=[N+](C)C([2H])([2H])[2H]. The Morgan fingerprint density at radius 3 is 3.00 bits per heavy atom. The number of rotatable bonds is 0. The number of methoxy groups -OCH3 is 1. The Hall–Kier alpha value is -0.530. The van der Waals surface area contributed by atoms with Crippen LogP contribution >= 0.6 is 0 Å². The van der Waals surface area contributed by atoms with Gasteiger partial charge in [0.2, 0.25) is 0 Å². The highest BCUT2D eigenvalue weighted by atomic mass is 16.5. The zero-order chi connectivity index (χ0) is 8.36. The second kappa shape index (κ2) is 2.69. The van der Waals surface area contributed by atoms with Crippen molar-refractivity contribution in [2.24, 2.45) is 0 Å². The minimum atomic E-state index is -2.28. The molecule has 0 aliphatic rings. The molecule has 0 saturated heterocycles. The van der Waals surface area contributed by atoms with E-state index < -0.39 is 6.98 Å². The number of hydrogen-bond acceptors (Lipinski definition) is 1. The Morgan fingerprint density at radius 1 is 2.17 bits per heavy atom. The lowest BCUT2D eigenvalue weighted by Gasteiger charge is -1.80. The summed E-state index contributed by atoms with van der Waals surface area (Å²) in [7, 11) is 2.53. The summed E-state index contributed by atoms with van der Waals surface area (Å²) in [4.78, 5) is 0. The van der Waals surface area contributed by atoms with Crippen molar-refractivity contribution in [1.82, 2.24) is 0 Å². The fraction of sp³-hybridized carbons (Fsp3) is 0.750. The molecule has 0 heterocycles. The predicted octanol–water partition coefficient (Wildman–Crippen LogP) is -0.0668. The average Bonchev–Trinajstić information content (AvgIpc) is 1.83. The first-order chi connectivity index (χ1) is 4.39. The Labute approximate surface area is 43.7 Å². The molecule has 2 heteroatoms. The molecule has 0 saturated carbocycles. The van der Waals surface area contributed by atoms with Crippen LogP contribution in [0.25, 0.3) is 0 Å². The molecule has 36 valence electrons. The van der Waals surface area contributed by atoms with Crippen LogP contribution in [0, 0.1) is 0 Å². The molecule has 6 heavy (non-hydrogen) atoms. The van der Waals surface area contributed by atoms with E-state index in [1.54, 1.807) is 0 Å². The first-order valence-electron chi connectivity index (χ1n) is 3.51. The Balaban J connectivity index is 4.47. The van der Waals surface area contributed by atoms with E-state index in [9.17, 15) is 0 Å². The van der Waals surface area contributed by atoms with Crippen LogP contribution in [0.15, 0.2) is 0 Å². The highest BCUT2D eigenvalue weighted by molar-refractivity contribution is 5.38. The van der Waals surface area contributed by atoms with Gasteiger partial charge in [-0.25, -0.2) is 4.58 Å². The van der Waals surface area contributed by atoms with Gasteiger partial charge in [0.1, 0.15) is 18.1 Å². The minimum absolute atomic E-state index is 0.361. The van der Waals surface area contributed by atoms with Crippen molar-refractivity contribution in [2.45, 2.75) is 0 Å². The van der Waals surface area contributed by atoms with Crippen molar-refractivity contribution >= 4 is 6.38 Å². The fourth-order valence-corrected chi connectivity index (χ4v) is 0.137. The third kappa shape index (κ3) is 3.47. The van der Waals surface area contributed by atoms with E-state index in [1.165, 1.54) is 14.2 Å². The largest absolute Gasteiger partial charge is 0.454 e. The third-order valence-corrected chi connectivity index (χ3v) is 0.228. The van der Waals surface area contributed by atoms with Crippen LogP contribution in [0.5, 0.6) is 0 Å². The van der Waals surface area contributed by atoms with Gasteiger partial charge in [-0.15, -0.1) is 0 Å². The molecular formula is C4H10NO+. The van der Waals surface area contributed by atoms with Gasteiger partial charge in [-0.2, -0.15) is 0 Å². The summed E-state index contributed by atoms with van der Waals surface area (Å²) in [5.74, 6) is 0. The summed E-state index contributed by atoms with van der Waals surface area (Å²) in [6.45, 7) is -2.28. The maximum Gasteiger partial charge on any atom is 0.322 e. The van der Waals surface area contributed by atoms with Crippen molar-refractivity contribution in [3.05, 3.63) is 0 Å². The lowest BCUT2D eigenvalue weighted by molar-refractivity contribution is -0.467. The fourth-order valence-electron chi connectivity index (χ4n) is 0.137. The van der Waals surface area contributed by atoms with Crippen molar-refractivity contribution in [1.29, 1.82) is 0 Å². The van der Waals surface area contributed by atoms with Gasteiger partial charge in [0.25, 0.3) is 0 Å². The van der Waals surface area contributed by atoms with E-state index in [4.69, 9.17) is 5.48 Å². The summed E-state index contributed by atoms with van der Waals surface area (Å²) in [5, 5.41) is 0. The van der Waals surface area contributed by atoms with Gasteiger partial charge in [-0.1, -0.05) is 0 Å². The van der Waals surface area contributed by atoms with Gasteiger partial charge in [0.15, 0.2) is 1.37 Å². The normalized spacial score (nSPS) is 25.0. The van der Waals surface area contributed by atoms with Crippen molar-refractivity contribution < 1.29 is 14.8 Å². The summed E-state index contributed by atoms with van der Waals surface area (Å²) in [6, 6.07) is 0. The van der Waals surface area contributed by atoms with Gasteiger partial charge < -0.3 is 4.74 Å². The molecule has 0 unspecified atom stereocenters. The molecule has 0 aromatic carbocycles. The number of ether oxygens (including phenoxy) is 1. The van der Waals surface area contributed by atoms with Crippen molar-refractivity contribution in [3.8, 4) is 0 Å². The average molecular weight is 92.2 g/mol. The van der Waals surface area contributed by atoms with Crippen LogP contribution in [-0.2, 0) is 4.74 Å². The molecule has 0 fully saturated rings. The molecule has 0 N–H and O–H groups in total. The Morgan fingerprint density at radius 2 is 2.83 bits per heavy atom. The zero-order valence-corrected chi connectivity index (χ0v) is 3.86. The second-order valence-corrected chi connectivity index (χ2v) is 0.854. The van der Waals surface area contributed by atoms with E-state index >= 15 is 0 Å². The predicted molar refractivity (Wildman–Crippen MR) is 25.2 cm³/mol. The molecule has 0 amide bonds. The van der Waals surface area contributed by atoms with E-state index in [-0.39, 0.29) is 6.38 Å². The molecule has 0 bridgehead atoms. The minimum Gasteiger partial charge on any atom is -0.454 e. The molecular weight excluding hydrogens is 78.0 g/mol. The molecule has 0 aliphatic heterocycles. The molecule has 0 atom stereocenters. The number of nitrogens with zero attached hydrogens (tertiary/aromatic N) is 1. The van der Waals surface area contributed by atoms with Crippen LogP contribution in [0.4, 0.5) is 0 Å². The Bertz CT molecular complexity index is 150. The first kappa shape index (κ1) is 1.52. The zero-order valence-electron chi connectivity index (χ0n) is 7.86. The van der Waals surface area contributed by atoms with Gasteiger partial charge in [-0.05, 0) is 0 Å². The topological polar surface area (TPSA) is 12.2 Å². The first-order valence-corrected chi connectivity index (χ1v) is 1.51. The maximum atomic E-state index is 6.94. The molecule has 0 aromatic rings. The van der Waals surface area contributed by atoms with E-state index in [0.29, 0.717) is 0 Å². The van der Waals surface area contributed by atoms with Crippen LogP contribution in [0.3, 0.4) is 0 Å². The van der Waals surface area contributed by atoms with E-state index in [0.717, 1.165) is 4.58 Å². The van der Waals surface area contributed by atoms with E-state index in [2.05, 4.69) is 4.74 Å². The smallest absolute Gasteiger partial charge is 0.322 e. The maximum absolute atomic E-state index is 6.94. The molecule has 0 aromatic heterocycles. The molecule has 2 nitrogen and oxygen atoms in total. The summed E-state index contributed by atoms with van der Waals surface area (Å²) in [6.07, 6.45) is -0.361. The van der Waals surface area contributed by atoms with Gasteiger partial charge in [-0.3, -0.25) is 0 Å². The van der Waals surface area contributed by atoms with Crippen LogP contribution in [0.2, 0.25) is 0 Å². The molecule has 0 radical (unpaired) electrons. The van der Waals surface area contributed by atoms with Crippen LogP contribution in [0.1, 0.15) is 5.48 Å². The van der Waals surface area contributed by atoms with E-state index in [1.807, 2.05) is 0 Å². The molecule has 0 aliphatic carbocycles. The van der Waals surface area contributed by atoms with Crippen LogP contribution in [-0.4, -0.2) is 32.1 Å². The number of hydrogen-bond donors (Lipinski definition) is 0. The molecule has 0 spiro atoms. The molecule has 0 rings (SSSR count). The van der Waals surface area contributed by atoms with Gasteiger partial charge in [0, 0.05) is 0 Å². The quantitative estimate of drug-likeness (QED) is 0.231. The highest BCUT2D eigenvalue weighted by Crippen LogP contribution is 1.50. The lowest BCUT2D eigenvalue weighted by Crippen LogP contribution is -1.98. The van der Waals surface area contributed by atoms with Gasteiger partial charge >= 0.3 is 6.38 Å². The lowest BCUT2D eigenvalue weighted by atomic mass is 11.1. The highest BCUT2D eigenvalue weighted by Gasteiger charge is 1.72. The third-order valence-electron chi connectivity index (χ3n) is 0.228. The standard InChI is InChI=1S/C4H10NO/c1-5(2)4-6-3/h4H,1-3H3/q+1/i1D3,4D. The van der Waals surface area contributed by atoms with Gasteiger partial charge in [0.05, 0.1) is 7.11 Å². The van der Waals surface area contributed by atoms with Crippen molar-refractivity contribution in [2.75, 3.05) is 21.1 Å². The van der Waals surface area contributed by atoms with Crippen molar-refractivity contribution in [3.63, 3.8) is 0 Å². The monoisotopic (exact) mass is 92.1 g/mol. The Kier molecular flexibility index (Phi) is 0.684. The summed E-state index contributed by atoms with van der Waals surface area (Å²) < 4.78 is 32.5.